The zero-order valence-corrected chi connectivity index (χ0v) is 18.8. The Morgan fingerprint density at radius 2 is 1.53 bits per heavy atom. The second kappa shape index (κ2) is 9.08. The Hall–Kier alpha value is -1.89. The SMILES string of the molecule is COc1ccc(-c2cccc(S(=O)(=O)N3CCC(N4CCC(C)CC4)CC3)c2)cc1. The summed E-state index contributed by atoms with van der Waals surface area (Å²) in [5.74, 6) is 1.60. The summed E-state index contributed by atoms with van der Waals surface area (Å²) >= 11 is 0. The van der Waals surface area contributed by atoms with Gasteiger partial charge in [0.25, 0.3) is 0 Å². The molecule has 0 radical (unpaired) electrons. The Morgan fingerprint density at radius 3 is 2.17 bits per heavy atom. The Kier molecular flexibility index (Phi) is 6.46. The van der Waals surface area contributed by atoms with Crippen molar-refractivity contribution in [1.82, 2.24) is 9.21 Å². The van der Waals surface area contributed by atoms with E-state index in [2.05, 4.69) is 11.8 Å². The highest BCUT2D eigenvalue weighted by molar-refractivity contribution is 7.89. The average Bonchev–Trinajstić information content (AvgIpc) is 2.80. The normalized spacial score (nSPS) is 20.3. The molecule has 2 aliphatic heterocycles. The van der Waals surface area contributed by atoms with Crippen LogP contribution in [0.5, 0.6) is 5.75 Å². The van der Waals surface area contributed by atoms with Crippen molar-refractivity contribution >= 4 is 10.0 Å². The number of rotatable bonds is 5. The molecule has 0 bridgehead atoms. The highest BCUT2D eigenvalue weighted by Crippen LogP contribution is 2.29. The number of nitrogens with zero attached hydrogens (tertiary/aromatic N) is 2. The zero-order valence-electron chi connectivity index (χ0n) is 18.0. The largest absolute Gasteiger partial charge is 0.497 e. The lowest BCUT2D eigenvalue weighted by Gasteiger charge is -2.41. The van der Waals surface area contributed by atoms with Crippen molar-refractivity contribution in [2.75, 3.05) is 33.3 Å². The molecule has 30 heavy (non-hydrogen) atoms. The summed E-state index contributed by atoms with van der Waals surface area (Å²) in [7, 11) is -1.84. The Labute approximate surface area is 180 Å². The van der Waals surface area contributed by atoms with Crippen LogP contribution in [0.2, 0.25) is 0 Å². The molecule has 4 rings (SSSR count). The van der Waals surface area contributed by atoms with Gasteiger partial charge in [0.2, 0.25) is 10.0 Å². The van der Waals surface area contributed by atoms with E-state index < -0.39 is 10.0 Å². The van der Waals surface area contributed by atoms with Crippen molar-refractivity contribution in [3.8, 4) is 16.9 Å². The Bertz CT molecular complexity index is 943. The molecule has 2 saturated heterocycles. The van der Waals surface area contributed by atoms with Gasteiger partial charge in [0, 0.05) is 19.1 Å². The highest BCUT2D eigenvalue weighted by Gasteiger charge is 2.32. The van der Waals surface area contributed by atoms with E-state index >= 15 is 0 Å². The number of likely N-dealkylation sites (tertiary alicyclic amines) is 1. The van der Waals surface area contributed by atoms with E-state index in [1.54, 1.807) is 23.5 Å². The van der Waals surface area contributed by atoms with Gasteiger partial charge in [-0.2, -0.15) is 4.31 Å². The maximum Gasteiger partial charge on any atom is 0.243 e. The number of benzene rings is 2. The maximum atomic E-state index is 13.3. The molecule has 0 N–H and O–H groups in total. The summed E-state index contributed by atoms with van der Waals surface area (Å²) in [6.45, 7) is 5.84. The lowest BCUT2D eigenvalue weighted by molar-refractivity contribution is 0.101. The van der Waals surface area contributed by atoms with Crippen LogP contribution in [0.1, 0.15) is 32.6 Å². The van der Waals surface area contributed by atoms with Crippen LogP contribution in [0.15, 0.2) is 53.4 Å². The third-order valence-corrected chi connectivity index (χ3v) is 8.55. The standard InChI is InChI=1S/C24H32N2O3S/c1-19-10-14-25(15-11-19)22-12-16-26(17-13-22)30(27,28)24-5-3-4-21(18-24)20-6-8-23(29-2)9-7-20/h3-9,18-19,22H,10-17H2,1-2H3. The number of sulfonamides is 1. The van der Waals surface area contributed by atoms with Gasteiger partial charge in [0.1, 0.15) is 5.75 Å². The predicted octanol–water partition coefficient (Wildman–Crippen LogP) is 4.25. The third-order valence-electron chi connectivity index (χ3n) is 6.65. The molecule has 5 nitrogen and oxygen atoms in total. The first-order chi connectivity index (χ1) is 14.5. The number of piperidine rings is 2. The molecule has 162 valence electrons. The van der Waals surface area contributed by atoms with E-state index in [9.17, 15) is 8.42 Å². The quantitative estimate of drug-likeness (QED) is 0.715. The highest BCUT2D eigenvalue weighted by atomic mass is 32.2. The first-order valence-corrected chi connectivity index (χ1v) is 12.4. The van der Waals surface area contributed by atoms with E-state index in [0.29, 0.717) is 24.0 Å². The number of ether oxygens (including phenoxy) is 1. The van der Waals surface area contributed by atoms with Crippen molar-refractivity contribution in [2.24, 2.45) is 5.92 Å². The predicted molar refractivity (Wildman–Crippen MR) is 120 cm³/mol. The van der Waals surface area contributed by atoms with Gasteiger partial charge in [0.15, 0.2) is 0 Å². The van der Waals surface area contributed by atoms with E-state index in [0.717, 1.165) is 48.7 Å². The van der Waals surface area contributed by atoms with Gasteiger partial charge in [-0.25, -0.2) is 8.42 Å². The summed E-state index contributed by atoms with van der Waals surface area (Å²) < 4.78 is 33.5. The van der Waals surface area contributed by atoms with Crippen molar-refractivity contribution in [3.63, 3.8) is 0 Å². The summed E-state index contributed by atoms with van der Waals surface area (Å²) in [5, 5.41) is 0. The van der Waals surface area contributed by atoms with Crippen LogP contribution in [-0.4, -0.2) is 57.0 Å². The van der Waals surface area contributed by atoms with Crippen LogP contribution >= 0.6 is 0 Å². The fraction of sp³-hybridized carbons (Fsp3) is 0.500. The first-order valence-electron chi connectivity index (χ1n) is 11.0. The maximum absolute atomic E-state index is 13.3. The second-order valence-corrected chi connectivity index (χ2v) is 10.5. The van der Waals surface area contributed by atoms with Crippen LogP contribution in [0.4, 0.5) is 0 Å². The van der Waals surface area contributed by atoms with Crippen molar-refractivity contribution < 1.29 is 13.2 Å². The van der Waals surface area contributed by atoms with Crippen molar-refractivity contribution in [2.45, 2.75) is 43.5 Å². The van der Waals surface area contributed by atoms with Gasteiger partial charge < -0.3 is 9.64 Å². The molecular weight excluding hydrogens is 396 g/mol. The van der Waals surface area contributed by atoms with Crippen LogP contribution in [0, 0.1) is 5.92 Å². The number of methoxy groups -OCH3 is 1. The molecule has 0 spiro atoms. The molecule has 2 fully saturated rings. The van der Waals surface area contributed by atoms with Crippen LogP contribution in [0.25, 0.3) is 11.1 Å². The zero-order chi connectivity index (χ0) is 21.1. The number of hydrogen-bond acceptors (Lipinski definition) is 4. The topological polar surface area (TPSA) is 49.9 Å². The average molecular weight is 429 g/mol. The molecule has 0 saturated carbocycles. The van der Waals surface area contributed by atoms with E-state index in [-0.39, 0.29) is 0 Å². The van der Waals surface area contributed by atoms with Crippen LogP contribution in [0.3, 0.4) is 0 Å². The van der Waals surface area contributed by atoms with Gasteiger partial charge in [0.05, 0.1) is 12.0 Å². The summed E-state index contributed by atoms with van der Waals surface area (Å²) in [6.07, 6.45) is 4.37. The molecule has 2 heterocycles. The van der Waals surface area contributed by atoms with Gasteiger partial charge in [-0.05, 0) is 80.1 Å². The van der Waals surface area contributed by atoms with E-state index in [1.165, 1.54) is 12.8 Å². The molecule has 0 aromatic heterocycles. The van der Waals surface area contributed by atoms with Crippen molar-refractivity contribution in [3.05, 3.63) is 48.5 Å². The lowest BCUT2D eigenvalue weighted by atomic mass is 9.95. The van der Waals surface area contributed by atoms with Gasteiger partial charge in [-0.3, -0.25) is 0 Å². The molecule has 2 aliphatic rings. The number of hydrogen-bond donors (Lipinski definition) is 0. The minimum Gasteiger partial charge on any atom is -0.497 e. The smallest absolute Gasteiger partial charge is 0.243 e. The monoisotopic (exact) mass is 428 g/mol. The second-order valence-electron chi connectivity index (χ2n) is 8.61. The summed E-state index contributed by atoms with van der Waals surface area (Å²) in [4.78, 5) is 2.95. The Balaban J connectivity index is 1.45. The third kappa shape index (κ3) is 4.56. The van der Waals surface area contributed by atoms with Gasteiger partial charge in [-0.15, -0.1) is 0 Å². The van der Waals surface area contributed by atoms with Crippen LogP contribution < -0.4 is 4.74 Å². The van der Waals surface area contributed by atoms with E-state index in [4.69, 9.17) is 4.74 Å². The molecule has 0 unspecified atom stereocenters. The van der Waals surface area contributed by atoms with Gasteiger partial charge in [-0.1, -0.05) is 31.2 Å². The molecule has 0 aliphatic carbocycles. The fourth-order valence-corrected chi connectivity index (χ4v) is 6.13. The molecule has 0 amide bonds. The Morgan fingerprint density at radius 1 is 0.867 bits per heavy atom. The summed E-state index contributed by atoms with van der Waals surface area (Å²) in [5.41, 5.74) is 1.88. The summed E-state index contributed by atoms with van der Waals surface area (Å²) in [6, 6.07) is 15.5. The van der Waals surface area contributed by atoms with Gasteiger partial charge >= 0.3 is 0 Å². The van der Waals surface area contributed by atoms with Crippen LogP contribution in [-0.2, 0) is 10.0 Å². The minimum atomic E-state index is -3.48. The first kappa shape index (κ1) is 21.3. The van der Waals surface area contributed by atoms with E-state index in [1.807, 2.05) is 36.4 Å². The molecule has 2 aromatic rings. The molecule has 0 atom stereocenters. The minimum absolute atomic E-state index is 0.376. The lowest BCUT2D eigenvalue weighted by Crippen LogP contribution is -2.48. The van der Waals surface area contributed by atoms with Crippen molar-refractivity contribution in [1.29, 1.82) is 0 Å². The molecular formula is C24H32N2O3S. The fourth-order valence-electron chi connectivity index (χ4n) is 4.61. The molecule has 2 aromatic carbocycles. The molecule has 6 heteroatoms.